The molecule has 0 radical (unpaired) electrons. The van der Waals surface area contributed by atoms with Crippen LogP contribution >= 0.6 is 11.5 Å². The maximum Gasteiger partial charge on any atom is 0.257 e. The number of amides is 2. The lowest BCUT2D eigenvalue weighted by Gasteiger charge is -2.07. The summed E-state index contributed by atoms with van der Waals surface area (Å²) in [5, 5.41) is 9.04. The quantitative estimate of drug-likeness (QED) is 0.550. The number of nitrogens with two attached hydrogens (primary N) is 1. The number of carbonyl (C=O) groups is 2. The highest BCUT2D eigenvalue weighted by atomic mass is 32.1. The molecular formula is C11H17N5O2S. The van der Waals surface area contributed by atoms with Crippen LogP contribution in [0.25, 0.3) is 0 Å². The number of aromatic nitrogens is 1. The Hall–Kier alpha value is -1.83. The van der Waals surface area contributed by atoms with Gasteiger partial charge < -0.3 is 21.7 Å². The number of hydrogen-bond acceptors (Lipinski definition) is 6. The molecule has 1 saturated carbocycles. The third-order valence-corrected chi connectivity index (χ3v) is 3.65. The molecule has 1 fully saturated rings. The standard InChI is InChI=1S/C11H17N5O2S/c1-13-10(18)7-8(12)16-19-11(7)15-5-4-14-9(17)6-2-3-6/h6,15H,2-5H2,1H3,(H2,12,16)(H,13,18)(H,14,17). The van der Waals surface area contributed by atoms with Gasteiger partial charge in [-0.05, 0) is 24.4 Å². The molecule has 1 aromatic rings. The van der Waals surface area contributed by atoms with Crippen molar-refractivity contribution < 1.29 is 9.59 Å². The van der Waals surface area contributed by atoms with Crippen LogP contribution in [0.2, 0.25) is 0 Å². The van der Waals surface area contributed by atoms with Crippen molar-refractivity contribution in [1.82, 2.24) is 15.0 Å². The van der Waals surface area contributed by atoms with Crippen LogP contribution in [0.1, 0.15) is 23.2 Å². The van der Waals surface area contributed by atoms with E-state index in [1.807, 2.05) is 0 Å². The monoisotopic (exact) mass is 283 g/mol. The molecule has 5 N–H and O–H groups in total. The molecule has 2 amide bonds. The maximum absolute atomic E-state index is 11.6. The number of hydrogen-bond donors (Lipinski definition) is 4. The predicted molar refractivity (Wildman–Crippen MR) is 74.1 cm³/mol. The third kappa shape index (κ3) is 3.34. The van der Waals surface area contributed by atoms with Crippen molar-refractivity contribution in [3.8, 4) is 0 Å². The van der Waals surface area contributed by atoms with Crippen molar-refractivity contribution in [1.29, 1.82) is 0 Å². The zero-order valence-electron chi connectivity index (χ0n) is 10.7. The van der Waals surface area contributed by atoms with E-state index in [2.05, 4.69) is 20.3 Å². The van der Waals surface area contributed by atoms with Gasteiger partial charge in [-0.3, -0.25) is 9.59 Å². The van der Waals surface area contributed by atoms with Crippen molar-refractivity contribution in [2.45, 2.75) is 12.8 Å². The van der Waals surface area contributed by atoms with Crippen LogP contribution in [-0.4, -0.2) is 36.3 Å². The van der Waals surface area contributed by atoms with Gasteiger partial charge in [0, 0.05) is 26.1 Å². The number of rotatable bonds is 6. The number of nitrogens with one attached hydrogen (secondary N) is 3. The van der Waals surface area contributed by atoms with Crippen molar-refractivity contribution in [2.24, 2.45) is 5.92 Å². The normalized spacial score (nSPS) is 13.9. The summed E-state index contributed by atoms with van der Waals surface area (Å²) in [5.74, 6) is 0.266. The minimum absolute atomic E-state index is 0.108. The van der Waals surface area contributed by atoms with Crippen molar-refractivity contribution in [3.63, 3.8) is 0 Å². The predicted octanol–water partition coefficient (Wildman–Crippen LogP) is 0.0230. The van der Waals surface area contributed by atoms with Gasteiger partial charge in [-0.2, -0.15) is 4.37 Å². The minimum atomic E-state index is -0.268. The molecule has 2 rings (SSSR count). The molecule has 1 aliphatic rings. The van der Waals surface area contributed by atoms with E-state index in [4.69, 9.17) is 5.73 Å². The molecular weight excluding hydrogens is 266 g/mol. The fraction of sp³-hybridized carbons (Fsp3) is 0.545. The first kappa shape index (κ1) is 13.6. The zero-order valence-corrected chi connectivity index (χ0v) is 11.5. The van der Waals surface area contributed by atoms with E-state index in [0.717, 1.165) is 24.4 Å². The Kier molecular flexibility index (Phi) is 4.20. The lowest BCUT2D eigenvalue weighted by atomic mass is 10.3. The number of carbonyl (C=O) groups excluding carboxylic acids is 2. The summed E-state index contributed by atoms with van der Waals surface area (Å²) in [4.78, 5) is 23.0. The Bertz CT molecular complexity index is 483. The molecule has 0 aromatic carbocycles. The zero-order chi connectivity index (χ0) is 13.8. The van der Waals surface area contributed by atoms with Gasteiger partial charge >= 0.3 is 0 Å². The summed E-state index contributed by atoms with van der Waals surface area (Å²) in [6.07, 6.45) is 1.98. The Labute approximate surface area is 115 Å². The Morgan fingerprint density at radius 1 is 1.42 bits per heavy atom. The second-order valence-corrected chi connectivity index (χ2v) is 5.12. The highest BCUT2D eigenvalue weighted by Gasteiger charge is 2.29. The van der Waals surface area contributed by atoms with E-state index in [9.17, 15) is 9.59 Å². The molecule has 0 unspecified atom stereocenters. The van der Waals surface area contributed by atoms with Gasteiger partial charge in [0.15, 0.2) is 5.82 Å². The average molecular weight is 283 g/mol. The summed E-state index contributed by atoms with van der Waals surface area (Å²) < 4.78 is 3.95. The molecule has 1 aliphatic carbocycles. The van der Waals surface area contributed by atoms with Gasteiger partial charge in [0.2, 0.25) is 5.91 Å². The first-order valence-electron chi connectivity index (χ1n) is 6.12. The Morgan fingerprint density at radius 2 is 2.16 bits per heavy atom. The largest absolute Gasteiger partial charge is 0.382 e. The summed E-state index contributed by atoms with van der Waals surface area (Å²) in [6.45, 7) is 1.05. The highest BCUT2D eigenvalue weighted by molar-refractivity contribution is 7.11. The summed E-state index contributed by atoms with van der Waals surface area (Å²) in [7, 11) is 1.54. The van der Waals surface area contributed by atoms with E-state index in [1.54, 1.807) is 7.05 Å². The maximum atomic E-state index is 11.6. The number of nitrogen functional groups attached to an aromatic ring is 1. The van der Waals surface area contributed by atoms with E-state index in [0.29, 0.717) is 23.7 Å². The smallest absolute Gasteiger partial charge is 0.257 e. The van der Waals surface area contributed by atoms with Crippen molar-refractivity contribution in [2.75, 3.05) is 31.2 Å². The molecule has 0 aliphatic heterocycles. The average Bonchev–Trinajstić information content (AvgIpc) is 3.18. The topological polar surface area (TPSA) is 109 Å². The Balaban J connectivity index is 1.82. The molecule has 104 valence electrons. The lowest BCUT2D eigenvalue weighted by Crippen LogP contribution is -2.30. The summed E-state index contributed by atoms with van der Waals surface area (Å²) >= 11 is 1.14. The second kappa shape index (κ2) is 5.87. The van der Waals surface area contributed by atoms with Gasteiger partial charge in [0.05, 0.1) is 0 Å². The molecule has 19 heavy (non-hydrogen) atoms. The minimum Gasteiger partial charge on any atom is -0.382 e. The molecule has 0 atom stereocenters. The molecule has 8 heteroatoms. The first-order chi connectivity index (χ1) is 9.13. The molecule has 0 spiro atoms. The van der Waals surface area contributed by atoms with Crippen LogP contribution in [0.4, 0.5) is 10.8 Å². The third-order valence-electron chi connectivity index (χ3n) is 2.83. The fourth-order valence-electron chi connectivity index (χ4n) is 1.62. The number of nitrogens with zero attached hydrogens (tertiary/aromatic N) is 1. The molecule has 7 nitrogen and oxygen atoms in total. The van der Waals surface area contributed by atoms with Gasteiger partial charge in [-0.15, -0.1) is 0 Å². The van der Waals surface area contributed by atoms with Crippen LogP contribution < -0.4 is 21.7 Å². The van der Waals surface area contributed by atoms with Gasteiger partial charge in [-0.25, -0.2) is 0 Å². The summed E-state index contributed by atoms with van der Waals surface area (Å²) in [6, 6.07) is 0. The summed E-state index contributed by atoms with van der Waals surface area (Å²) in [5.41, 5.74) is 6.01. The van der Waals surface area contributed by atoms with Gasteiger partial charge in [0.25, 0.3) is 5.91 Å². The molecule has 1 aromatic heterocycles. The Morgan fingerprint density at radius 3 is 2.79 bits per heavy atom. The van der Waals surface area contributed by atoms with Crippen molar-refractivity contribution >= 4 is 34.2 Å². The SMILES string of the molecule is CNC(=O)c1c(N)nsc1NCCNC(=O)C1CC1. The van der Waals surface area contributed by atoms with Crippen LogP contribution in [0, 0.1) is 5.92 Å². The fourth-order valence-corrected chi connectivity index (χ4v) is 2.36. The second-order valence-electron chi connectivity index (χ2n) is 4.34. The van der Waals surface area contributed by atoms with E-state index in [1.165, 1.54) is 0 Å². The van der Waals surface area contributed by atoms with Crippen molar-refractivity contribution in [3.05, 3.63) is 5.56 Å². The van der Waals surface area contributed by atoms with Gasteiger partial charge in [-0.1, -0.05) is 0 Å². The van der Waals surface area contributed by atoms with Crippen LogP contribution in [-0.2, 0) is 4.79 Å². The van der Waals surface area contributed by atoms with Crippen LogP contribution in [0.15, 0.2) is 0 Å². The molecule has 1 heterocycles. The van der Waals surface area contributed by atoms with E-state index >= 15 is 0 Å². The van der Waals surface area contributed by atoms with Crippen LogP contribution in [0.5, 0.6) is 0 Å². The molecule has 0 bridgehead atoms. The highest BCUT2D eigenvalue weighted by Crippen LogP contribution is 2.28. The van der Waals surface area contributed by atoms with E-state index in [-0.39, 0.29) is 23.6 Å². The lowest BCUT2D eigenvalue weighted by molar-refractivity contribution is -0.122. The first-order valence-corrected chi connectivity index (χ1v) is 6.89. The molecule has 0 saturated heterocycles. The van der Waals surface area contributed by atoms with Crippen LogP contribution in [0.3, 0.4) is 0 Å². The van der Waals surface area contributed by atoms with E-state index < -0.39 is 0 Å². The van der Waals surface area contributed by atoms with Gasteiger partial charge in [0.1, 0.15) is 10.6 Å². The number of anilines is 2.